The van der Waals surface area contributed by atoms with Crippen LogP contribution in [0.15, 0.2) is 0 Å². The van der Waals surface area contributed by atoms with Gasteiger partial charge in [0.05, 0.1) is 6.04 Å². The fourth-order valence-electron chi connectivity index (χ4n) is 2.64. The van der Waals surface area contributed by atoms with E-state index in [1.165, 1.54) is 0 Å². The van der Waals surface area contributed by atoms with Gasteiger partial charge >= 0.3 is 0 Å². The Kier molecular flexibility index (Phi) is 3.19. The lowest BCUT2D eigenvalue weighted by atomic mass is 10.1. The molecule has 0 aromatic carbocycles. The molecule has 0 saturated carbocycles. The minimum Gasteiger partial charge on any atom is -0.281 e. The number of aromatic amines is 1. The maximum atomic E-state index is 12.5. The third-order valence-corrected chi connectivity index (χ3v) is 5.20. The second kappa shape index (κ2) is 4.70. The van der Waals surface area contributed by atoms with Crippen LogP contribution in [0.1, 0.15) is 32.2 Å². The molecule has 2 aliphatic heterocycles. The summed E-state index contributed by atoms with van der Waals surface area (Å²) >= 11 is 7.05. The van der Waals surface area contributed by atoms with Crippen molar-refractivity contribution in [3.63, 3.8) is 0 Å². The summed E-state index contributed by atoms with van der Waals surface area (Å²) in [6, 6.07) is 0.196. The zero-order valence-corrected chi connectivity index (χ0v) is 11.9. The number of carbonyl (C=O) groups is 1. The summed E-state index contributed by atoms with van der Waals surface area (Å²) in [5, 5.41) is 7.10. The van der Waals surface area contributed by atoms with E-state index in [9.17, 15) is 4.79 Å². The van der Waals surface area contributed by atoms with E-state index in [4.69, 9.17) is 12.2 Å². The fraction of sp³-hybridized carbons (Fsp3) is 0.727. The van der Waals surface area contributed by atoms with Gasteiger partial charge in [-0.05, 0) is 30.8 Å². The van der Waals surface area contributed by atoms with Crippen LogP contribution in [-0.2, 0) is 4.79 Å². The van der Waals surface area contributed by atoms with E-state index in [1.807, 2.05) is 4.57 Å². The summed E-state index contributed by atoms with van der Waals surface area (Å²) in [5.41, 5.74) is 0. The van der Waals surface area contributed by atoms with Crippen molar-refractivity contribution in [2.75, 3.05) is 17.2 Å². The minimum absolute atomic E-state index is 0.0265. The van der Waals surface area contributed by atoms with Gasteiger partial charge in [0.1, 0.15) is 5.25 Å². The summed E-state index contributed by atoms with van der Waals surface area (Å²) in [5.74, 6) is 1.94. The lowest BCUT2D eigenvalue weighted by Crippen LogP contribution is -2.47. The minimum atomic E-state index is 0.0265. The molecule has 1 aromatic heterocycles. The molecule has 7 heteroatoms. The first-order chi connectivity index (χ1) is 8.74. The predicted octanol–water partition coefficient (Wildman–Crippen LogP) is 2.13. The summed E-state index contributed by atoms with van der Waals surface area (Å²) in [7, 11) is 0. The van der Waals surface area contributed by atoms with E-state index in [2.05, 4.69) is 17.1 Å². The van der Waals surface area contributed by atoms with Crippen molar-refractivity contribution in [1.82, 2.24) is 14.8 Å². The third-order valence-electron chi connectivity index (χ3n) is 3.56. The molecule has 1 N–H and O–H groups in total. The van der Waals surface area contributed by atoms with Crippen LogP contribution in [-0.4, -0.2) is 38.2 Å². The number of aromatic nitrogens is 3. The first-order valence-corrected chi connectivity index (χ1v) is 7.79. The molecule has 1 aromatic rings. The normalized spacial score (nSPS) is 26.3. The molecule has 2 aliphatic rings. The van der Waals surface area contributed by atoms with Gasteiger partial charge in [0, 0.05) is 6.54 Å². The molecule has 5 nitrogen and oxygen atoms in total. The maximum absolute atomic E-state index is 12.5. The van der Waals surface area contributed by atoms with Crippen LogP contribution in [0.2, 0.25) is 0 Å². The van der Waals surface area contributed by atoms with Crippen LogP contribution in [0, 0.1) is 4.77 Å². The van der Waals surface area contributed by atoms with E-state index in [0.717, 1.165) is 31.6 Å². The smallest absolute Gasteiger partial charge is 0.244 e. The number of amides is 1. The number of rotatable bonds is 3. The van der Waals surface area contributed by atoms with Gasteiger partial charge in [-0.25, -0.2) is 5.10 Å². The van der Waals surface area contributed by atoms with Crippen LogP contribution < -0.4 is 4.90 Å². The lowest BCUT2D eigenvalue weighted by molar-refractivity contribution is -0.119. The van der Waals surface area contributed by atoms with Crippen molar-refractivity contribution >= 4 is 35.8 Å². The zero-order chi connectivity index (χ0) is 12.7. The van der Waals surface area contributed by atoms with Crippen LogP contribution in [0.5, 0.6) is 0 Å². The van der Waals surface area contributed by atoms with Gasteiger partial charge < -0.3 is 0 Å². The van der Waals surface area contributed by atoms with E-state index in [1.54, 1.807) is 16.7 Å². The first kappa shape index (κ1) is 12.2. The molecule has 1 saturated heterocycles. The van der Waals surface area contributed by atoms with Crippen molar-refractivity contribution in [1.29, 1.82) is 0 Å². The number of unbranched alkanes of at least 4 members (excludes halogenated alkanes) is 1. The van der Waals surface area contributed by atoms with Crippen molar-refractivity contribution in [3.8, 4) is 0 Å². The Bertz CT molecular complexity index is 523. The predicted molar refractivity (Wildman–Crippen MR) is 74.6 cm³/mol. The Balaban J connectivity index is 2.03. The molecule has 1 fully saturated rings. The second-order valence-electron chi connectivity index (χ2n) is 4.69. The lowest BCUT2D eigenvalue weighted by Gasteiger charge is -2.33. The molecule has 2 unspecified atom stereocenters. The van der Waals surface area contributed by atoms with Gasteiger partial charge in [-0.2, -0.15) is 0 Å². The summed E-state index contributed by atoms with van der Waals surface area (Å²) in [4.78, 5) is 14.3. The van der Waals surface area contributed by atoms with Gasteiger partial charge in [-0.1, -0.05) is 13.3 Å². The number of anilines is 1. The summed E-state index contributed by atoms with van der Waals surface area (Å²) in [6.45, 7) is 2.86. The highest BCUT2D eigenvalue weighted by Crippen LogP contribution is 2.42. The van der Waals surface area contributed by atoms with Gasteiger partial charge in [-0.3, -0.25) is 14.3 Å². The number of nitrogens with one attached hydrogen (secondary N) is 1. The number of H-pyrrole nitrogens is 1. The van der Waals surface area contributed by atoms with E-state index >= 15 is 0 Å². The van der Waals surface area contributed by atoms with Crippen molar-refractivity contribution in [2.24, 2.45) is 0 Å². The molecule has 0 radical (unpaired) electrons. The molecule has 2 atom stereocenters. The molecule has 3 heterocycles. The molecule has 1 amide bonds. The summed E-state index contributed by atoms with van der Waals surface area (Å²) < 4.78 is 2.67. The Morgan fingerprint density at radius 3 is 3.22 bits per heavy atom. The Hall–Kier alpha value is -0.820. The Morgan fingerprint density at radius 2 is 2.44 bits per heavy atom. The fourth-order valence-corrected chi connectivity index (χ4v) is 4.29. The number of nitrogens with zero attached hydrogens (tertiary/aromatic N) is 3. The van der Waals surface area contributed by atoms with Gasteiger partial charge in [-0.15, -0.1) is 16.9 Å². The summed E-state index contributed by atoms with van der Waals surface area (Å²) in [6.07, 6.45) is 3.06. The average molecular weight is 284 g/mol. The third kappa shape index (κ3) is 1.72. The standard InChI is InChI=1S/C11H16N4OS2/c1-2-3-5-14-9(16)8-7(4-6-18-8)15-10(14)12-13-11(15)17/h7-8H,2-6H2,1H3,(H,13,17). The number of hydrogen-bond donors (Lipinski definition) is 1. The van der Waals surface area contributed by atoms with Crippen LogP contribution >= 0.6 is 24.0 Å². The van der Waals surface area contributed by atoms with E-state index in [0.29, 0.717) is 10.7 Å². The maximum Gasteiger partial charge on any atom is 0.244 e. The monoisotopic (exact) mass is 284 g/mol. The van der Waals surface area contributed by atoms with Gasteiger partial charge in [0.25, 0.3) is 0 Å². The molecule has 3 rings (SSSR count). The SMILES string of the molecule is CCCCN1C(=O)C2SCCC2n2c1n[nH]c2=S. The number of hydrogen-bond acceptors (Lipinski definition) is 4. The molecule has 0 spiro atoms. The average Bonchev–Trinajstić information content (AvgIpc) is 2.96. The Morgan fingerprint density at radius 1 is 1.61 bits per heavy atom. The van der Waals surface area contributed by atoms with Crippen molar-refractivity contribution in [3.05, 3.63) is 4.77 Å². The zero-order valence-electron chi connectivity index (χ0n) is 10.3. The molecule has 98 valence electrons. The van der Waals surface area contributed by atoms with E-state index in [-0.39, 0.29) is 17.2 Å². The first-order valence-electron chi connectivity index (χ1n) is 6.34. The number of fused-ring (bicyclic) bond motifs is 3. The van der Waals surface area contributed by atoms with Crippen molar-refractivity contribution < 1.29 is 4.79 Å². The quantitative estimate of drug-likeness (QED) is 0.864. The molecule has 0 aliphatic carbocycles. The highest BCUT2D eigenvalue weighted by molar-refractivity contribution is 8.00. The highest BCUT2D eigenvalue weighted by atomic mass is 32.2. The van der Waals surface area contributed by atoms with Gasteiger partial charge in [0.15, 0.2) is 4.77 Å². The number of thioether (sulfide) groups is 1. The largest absolute Gasteiger partial charge is 0.281 e. The highest BCUT2D eigenvalue weighted by Gasteiger charge is 2.44. The van der Waals surface area contributed by atoms with Crippen LogP contribution in [0.3, 0.4) is 0 Å². The molecule has 0 bridgehead atoms. The van der Waals surface area contributed by atoms with Crippen molar-refractivity contribution in [2.45, 2.75) is 37.5 Å². The van der Waals surface area contributed by atoms with E-state index < -0.39 is 0 Å². The van der Waals surface area contributed by atoms with Gasteiger partial charge in [0.2, 0.25) is 11.9 Å². The molecular weight excluding hydrogens is 268 g/mol. The Labute approximate surface area is 115 Å². The van der Waals surface area contributed by atoms with Crippen LogP contribution in [0.4, 0.5) is 5.95 Å². The molecule has 18 heavy (non-hydrogen) atoms. The molecular formula is C11H16N4OS2. The number of carbonyl (C=O) groups excluding carboxylic acids is 1. The topological polar surface area (TPSA) is 53.9 Å². The second-order valence-corrected chi connectivity index (χ2v) is 6.33. The van der Waals surface area contributed by atoms with Crippen LogP contribution in [0.25, 0.3) is 0 Å².